The first-order valence-electron chi connectivity index (χ1n) is 5.59. The number of hydrogen-bond acceptors (Lipinski definition) is 3. The van der Waals surface area contributed by atoms with Crippen LogP contribution in [0, 0.1) is 0 Å². The van der Waals surface area contributed by atoms with Crippen LogP contribution in [-0.4, -0.2) is 17.4 Å². The van der Waals surface area contributed by atoms with E-state index < -0.39 is 0 Å². The highest BCUT2D eigenvalue weighted by atomic mass is 32.2. The molecule has 0 fully saturated rings. The van der Waals surface area contributed by atoms with Crippen molar-refractivity contribution < 1.29 is 5.11 Å². The van der Waals surface area contributed by atoms with E-state index in [0.717, 1.165) is 16.2 Å². The van der Waals surface area contributed by atoms with Gasteiger partial charge in [0.1, 0.15) is 5.75 Å². The smallest absolute Gasteiger partial charge is 0.117 e. The minimum Gasteiger partial charge on any atom is -0.508 e. The standard InChI is InChI=1S/C13H19NOS/c1-2-3-7-16-13-9-11(5-4-6-14)8-12(15)10-13/h4-5,8-10,15H,2-3,6-7,14H2,1H3/b5-4+. The molecular formula is C13H19NOS. The zero-order valence-corrected chi connectivity index (χ0v) is 10.5. The highest BCUT2D eigenvalue weighted by molar-refractivity contribution is 7.99. The van der Waals surface area contributed by atoms with E-state index in [2.05, 4.69) is 13.0 Å². The van der Waals surface area contributed by atoms with Gasteiger partial charge in [-0.25, -0.2) is 0 Å². The number of nitrogens with two attached hydrogens (primary N) is 1. The van der Waals surface area contributed by atoms with Gasteiger partial charge in [-0.1, -0.05) is 25.5 Å². The van der Waals surface area contributed by atoms with Gasteiger partial charge in [-0.05, 0) is 35.9 Å². The van der Waals surface area contributed by atoms with Crippen molar-refractivity contribution in [2.24, 2.45) is 5.73 Å². The number of benzene rings is 1. The van der Waals surface area contributed by atoms with Gasteiger partial charge in [-0.2, -0.15) is 0 Å². The summed E-state index contributed by atoms with van der Waals surface area (Å²) < 4.78 is 0. The molecule has 0 unspecified atom stereocenters. The molecule has 0 aliphatic carbocycles. The molecule has 0 heterocycles. The number of aromatic hydroxyl groups is 1. The monoisotopic (exact) mass is 237 g/mol. The molecule has 0 radical (unpaired) electrons. The van der Waals surface area contributed by atoms with E-state index in [9.17, 15) is 5.11 Å². The van der Waals surface area contributed by atoms with Crippen LogP contribution in [0.15, 0.2) is 29.2 Å². The van der Waals surface area contributed by atoms with Gasteiger partial charge in [0.25, 0.3) is 0 Å². The van der Waals surface area contributed by atoms with Crippen LogP contribution in [0.4, 0.5) is 0 Å². The van der Waals surface area contributed by atoms with E-state index in [4.69, 9.17) is 5.73 Å². The van der Waals surface area contributed by atoms with Crippen LogP contribution in [0.2, 0.25) is 0 Å². The van der Waals surface area contributed by atoms with Crippen LogP contribution < -0.4 is 5.73 Å². The summed E-state index contributed by atoms with van der Waals surface area (Å²) in [5.74, 6) is 1.41. The van der Waals surface area contributed by atoms with Gasteiger partial charge >= 0.3 is 0 Å². The molecule has 1 aromatic rings. The molecule has 1 rings (SSSR count). The molecule has 0 saturated carbocycles. The lowest BCUT2D eigenvalue weighted by atomic mass is 10.2. The molecule has 0 aliphatic rings. The second-order valence-electron chi connectivity index (χ2n) is 3.60. The third kappa shape index (κ3) is 4.73. The molecule has 3 heteroatoms. The lowest BCUT2D eigenvalue weighted by molar-refractivity contribution is 0.473. The zero-order valence-electron chi connectivity index (χ0n) is 9.65. The number of phenolic OH excluding ortho intramolecular Hbond substituents is 1. The van der Waals surface area contributed by atoms with E-state index in [0.29, 0.717) is 12.3 Å². The maximum absolute atomic E-state index is 9.57. The number of hydrogen-bond donors (Lipinski definition) is 2. The van der Waals surface area contributed by atoms with E-state index in [-0.39, 0.29) is 0 Å². The van der Waals surface area contributed by atoms with Crippen molar-refractivity contribution >= 4 is 17.8 Å². The van der Waals surface area contributed by atoms with Gasteiger partial charge in [-0.15, -0.1) is 11.8 Å². The first kappa shape index (κ1) is 13.1. The SMILES string of the molecule is CCCCSc1cc(O)cc(/C=C/CN)c1. The van der Waals surface area contributed by atoms with E-state index >= 15 is 0 Å². The predicted molar refractivity (Wildman–Crippen MR) is 71.8 cm³/mol. The Labute approximate surface area is 102 Å². The fourth-order valence-corrected chi connectivity index (χ4v) is 2.42. The summed E-state index contributed by atoms with van der Waals surface area (Å²) in [4.78, 5) is 1.12. The molecule has 0 atom stereocenters. The Morgan fingerprint density at radius 2 is 2.19 bits per heavy atom. The molecule has 88 valence electrons. The molecular weight excluding hydrogens is 218 g/mol. The van der Waals surface area contributed by atoms with Gasteiger partial charge in [0.2, 0.25) is 0 Å². The Kier molecular flexibility index (Phi) is 6.04. The maximum atomic E-state index is 9.57. The molecule has 0 spiro atoms. The first-order chi connectivity index (χ1) is 7.76. The lowest BCUT2D eigenvalue weighted by Gasteiger charge is -2.03. The Bertz CT molecular complexity index is 350. The van der Waals surface area contributed by atoms with Crippen LogP contribution in [0.1, 0.15) is 25.3 Å². The first-order valence-corrected chi connectivity index (χ1v) is 6.58. The van der Waals surface area contributed by atoms with E-state index in [1.165, 1.54) is 12.8 Å². The molecule has 1 aromatic carbocycles. The Balaban J connectivity index is 2.69. The summed E-state index contributed by atoms with van der Waals surface area (Å²) in [6.45, 7) is 2.70. The lowest BCUT2D eigenvalue weighted by Crippen LogP contribution is -1.91. The maximum Gasteiger partial charge on any atom is 0.117 e. The second-order valence-corrected chi connectivity index (χ2v) is 4.77. The van der Waals surface area contributed by atoms with Crippen molar-refractivity contribution in [3.8, 4) is 5.75 Å². The fourth-order valence-electron chi connectivity index (χ4n) is 1.32. The number of thioether (sulfide) groups is 1. The minimum atomic E-state index is 0.318. The molecule has 2 nitrogen and oxygen atoms in total. The van der Waals surface area contributed by atoms with E-state index in [1.54, 1.807) is 23.9 Å². The molecule has 0 aromatic heterocycles. The summed E-state index contributed by atoms with van der Waals surface area (Å²) in [6.07, 6.45) is 6.22. The van der Waals surface area contributed by atoms with Crippen molar-refractivity contribution in [1.29, 1.82) is 0 Å². The molecule has 3 N–H and O–H groups in total. The van der Waals surface area contributed by atoms with Crippen molar-refractivity contribution in [3.63, 3.8) is 0 Å². The zero-order chi connectivity index (χ0) is 11.8. The van der Waals surface area contributed by atoms with Gasteiger partial charge in [0, 0.05) is 11.4 Å². The molecule has 16 heavy (non-hydrogen) atoms. The minimum absolute atomic E-state index is 0.318. The normalized spacial score (nSPS) is 11.1. The van der Waals surface area contributed by atoms with Crippen LogP contribution >= 0.6 is 11.8 Å². The summed E-state index contributed by atoms with van der Waals surface area (Å²) >= 11 is 1.78. The van der Waals surface area contributed by atoms with E-state index in [1.807, 2.05) is 12.2 Å². The molecule has 0 aliphatic heterocycles. The highest BCUT2D eigenvalue weighted by Crippen LogP contribution is 2.26. The average Bonchev–Trinajstić information content (AvgIpc) is 2.26. The third-order valence-corrected chi connectivity index (χ3v) is 3.19. The summed E-state index contributed by atoms with van der Waals surface area (Å²) in [6, 6.07) is 5.63. The molecule has 0 saturated heterocycles. The van der Waals surface area contributed by atoms with Crippen LogP contribution in [-0.2, 0) is 0 Å². The second kappa shape index (κ2) is 7.36. The number of phenols is 1. The van der Waals surface area contributed by atoms with Gasteiger partial charge < -0.3 is 10.8 Å². The van der Waals surface area contributed by atoms with Crippen molar-refractivity contribution in [1.82, 2.24) is 0 Å². The Morgan fingerprint density at radius 1 is 1.38 bits per heavy atom. The largest absolute Gasteiger partial charge is 0.508 e. The quantitative estimate of drug-likeness (QED) is 0.589. The molecule has 0 amide bonds. The van der Waals surface area contributed by atoms with Crippen molar-refractivity contribution in [2.45, 2.75) is 24.7 Å². The topological polar surface area (TPSA) is 46.2 Å². The summed E-state index contributed by atoms with van der Waals surface area (Å²) in [5, 5.41) is 9.57. The highest BCUT2D eigenvalue weighted by Gasteiger charge is 1.98. The summed E-state index contributed by atoms with van der Waals surface area (Å²) in [7, 11) is 0. The average molecular weight is 237 g/mol. The van der Waals surface area contributed by atoms with Crippen molar-refractivity contribution in [2.75, 3.05) is 12.3 Å². The van der Waals surface area contributed by atoms with Crippen LogP contribution in [0.25, 0.3) is 6.08 Å². The fraction of sp³-hybridized carbons (Fsp3) is 0.385. The number of rotatable bonds is 6. The van der Waals surface area contributed by atoms with Crippen LogP contribution in [0.5, 0.6) is 5.75 Å². The summed E-state index contributed by atoms with van der Waals surface area (Å²) in [5.41, 5.74) is 6.40. The Morgan fingerprint density at radius 3 is 2.88 bits per heavy atom. The number of unbranched alkanes of at least 4 members (excludes halogenated alkanes) is 1. The Hall–Kier alpha value is -0.930. The van der Waals surface area contributed by atoms with Gasteiger partial charge in [0.15, 0.2) is 0 Å². The van der Waals surface area contributed by atoms with Gasteiger partial charge in [-0.3, -0.25) is 0 Å². The van der Waals surface area contributed by atoms with Gasteiger partial charge in [0.05, 0.1) is 0 Å². The van der Waals surface area contributed by atoms with Crippen molar-refractivity contribution in [3.05, 3.63) is 29.8 Å². The third-order valence-electron chi connectivity index (χ3n) is 2.13. The predicted octanol–water partition coefficient (Wildman–Crippen LogP) is 3.26. The molecule has 0 bridgehead atoms. The van der Waals surface area contributed by atoms with Crippen LogP contribution in [0.3, 0.4) is 0 Å².